The van der Waals surface area contributed by atoms with E-state index in [1.165, 1.54) is 0 Å². The molecular formula is C18H14BrNO2. The van der Waals surface area contributed by atoms with Crippen molar-refractivity contribution in [3.63, 3.8) is 0 Å². The van der Waals surface area contributed by atoms with E-state index in [1.807, 2.05) is 55.5 Å². The molecule has 0 amide bonds. The lowest BCUT2D eigenvalue weighted by molar-refractivity contribution is 0.0689. The first-order valence-electron chi connectivity index (χ1n) is 6.95. The van der Waals surface area contributed by atoms with Gasteiger partial charge in [-0.25, -0.2) is 9.78 Å². The number of benzene rings is 2. The number of halogens is 1. The molecule has 3 rings (SSSR count). The lowest BCUT2D eigenvalue weighted by Crippen LogP contribution is -2.10. The average Bonchev–Trinajstić information content (AvgIpc) is 2.53. The van der Waals surface area contributed by atoms with Crippen molar-refractivity contribution < 1.29 is 9.90 Å². The zero-order valence-corrected chi connectivity index (χ0v) is 13.5. The van der Waals surface area contributed by atoms with Crippen LogP contribution in [0, 0.1) is 0 Å². The van der Waals surface area contributed by atoms with Crippen LogP contribution in [0.1, 0.15) is 34.5 Å². The first-order valence-corrected chi connectivity index (χ1v) is 7.74. The number of hydrogen-bond donors (Lipinski definition) is 1. The highest BCUT2D eigenvalue weighted by molar-refractivity contribution is 9.10. The lowest BCUT2D eigenvalue weighted by atomic mass is 9.88. The van der Waals surface area contributed by atoms with Gasteiger partial charge in [-0.15, -0.1) is 0 Å². The van der Waals surface area contributed by atoms with Crippen molar-refractivity contribution in [1.29, 1.82) is 0 Å². The van der Waals surface area contributed by atoms with Crippen molar-refractivity contribution in [2.45, 2.75) is 12.8 Å². The zero-order valence-electron chi connectivity index (χ0n) is 12.0. The minimum absolute atomic E-state index is 0.0831. The predicted octanol–water partition coefficient (Wildman–Crippen LogP) is 4.85. The summed E-state index contributed by atoms with van der Waals surface area (Å²) in [6.45, 7) is 2.01. The maximum atomic E-state index is 11.6. The van der Waals surface area contributed by atoms with Gasteiger partial charge in [0.1, 0.15) is 0 Å². The molecule has 1 atom stereocenters. The van der Waals surface area contributed by atoms with Gasteiger partial charge in [-0.05, 0) is 17.0 Å². The Hall–Kier alpha value is -2.20. The van der Waals surface area contributed by atoms with E-state index in [0.717, 1.165) is 26.4 Å². The fraction of sp³-hybridized carbons (Fsp3) is 0.111. The molecule has 0 aliphatic carbocycles. The van der Waals surface area contributed by atoms with Crippen LogP contribution in [-0.4, -0.2) is 16.1 Å². The van der Waals surface area contributed by atoms with E-state index in [4.69, 9.17) is 0 Å². The van der Waals surface area contributed by atoms with E-state index in [9.17, 15) is 9.90 Å². The maximum Gasteiger partial charge on any atom is 0.354 e. The minimum Gasteiger partial charge on any atom is -0.477 e. The van der Waals surface area contributed by atoms with Gasteiger partial charge in [0.05, 0.1) is 0 Å². The van der Waals surface area contributed by atoms with Gasteiger partial charge >= 0.3 is 5.97 Å². The summed E-state index contributed by atoms with van der Waals surface area (Å²) in [6.07, 6.45) is 1.62. The van der Waals surface area contributed by atoms with Crippen LogP contribution in [0.4, 0.5) is 0 Å². The van der Waals surface area contributed by atoms with Gasteiger partial charge in [0, 0.05) is 27.5 Å². The minimum atomic E-state index is -1.00. The first-order chi connectivity index (χ1) is 10.6. The molecule has 0 fully saturated rings. The van der Waals surface area contributed by atoms with Gasteiger partial charge < -0.3 is 5.11 Å². The van der Waals surface area contributed by atoms with Crippen LogP contribution in [0.25, 0.3) is 10.8 Å². The van der Waals surface area contributed by atoms with Gasteiger partial charge in [-0.3, -0.25) is 0 Å². The first kappa shape index (κ1) is 14.7. The number of aromatic nitrogens is 1. The van der Waals surface area contributed by atoms with E-state index in [2.05, 4.69) is 20.9 Å². The number of fused-ring (bicyclic) bond motifs is 1. The fourth-order valence-corrected chi connectivity index (χ4v) is 3.40. The van der Waals surface area contributed by atoms with Crippen LogP contribution in [0.3, 0.4) is 0 Å². The Kier molecular flexibility index (Phi) is 3.94. The second-order valence-corrected chi connectivity index (χ2v) is 6.01. The molecule has 0 radical (unpaired) electrons. The molecule has 0 saturated heterocycles. The van der Waals surface area contributed by atoms with Crippen molar-refractivity contribution in [2.75, 3.05) is 0 Å². The van der Waals surface area contributed by atoms with Gasteiger partial charge in [-0.2, -0.15) is 0 Å². The largest absolute Gasteiger partial charge is 0.477 e. The SMILES string of the molecule is CC(c1ccccc1Br)c1c(C(=O)O)ncc2ccccc12. The third kappa shape index (κ3) is 2.50. The van der Waals surface area contributed by atoms with Crippen molar-refractivity contribution in [1.82, 2.24) is 4.98 Å². The number of hydrogen-bond acceptors (Lipinski definition) is 2. The number of carboxylic acids is 1. The second-order valence-electron chi connectivity index (χ2n) is 5.16. The van der Waals surface area contributed by atoms with Crippen LogP contribution in [0.2, 0.25) is 0 Å². The molecule has 2 aromatic carbocycles. The molecule has 3 nitrogen and oxygen atoms in total. The Labute approximate surface area is 136 Å². The molecule has 0 aliphatic heterocycles. The summed E-state index contributed by atoms with van der Waals surface area (Å²) in [5, 5.41) is 11.4. The average molecular weight is 356 g/mol. The summed E-state index contributed by atoms with van der Waals surface area (Å²) in [6, 6.07) is 15.6. The van der Waals surface area contributed by atoms with E-state index < -0.39 is 5.97 Å². The number of carboxylic acid groups (broad SMARTS) is 1. The van der Waals surface area contributed by atoms with Crippen molar-refractivity contribution in [2.24, 2.45) is 0 Å². The molecular weight excluding hydrogens is 342 g/mol. The van der Waals surface area contributed by atoms with Gasteiger partial charge in [0.15, 0.2) is 5.69 Å². The van der Waals surface area contributed by atoms with E-state index >= 15 is 0 Å². The predicted molar refractivity (Wildman–Crippen MR) is 90.4 cm³/mol. The summed E-state index contributed by atoms with van der Waals surface area (Å²) >= 11 is 3.55. The van der Waals surface area contributed by atoms with E-state index in [0.29, 0.717) is 0 Å². The molecule has 0 spiro atoms. The maximum absolute atomic E-state index is 11.6. The Morgan fingerprint density at radius 3 is 2.55 bits per heavy atom. The molecule has 4 heteroatoms. The molecule has 0 saturated carbocycles. The van der Waals surface area contributed by atoms with Gasteiger partial charge in [-0.1, -0.05) is 65.3 Å². The van der Waals surface area contributed by atoms with Gasteiger partial charge in [0.25, 0.3) is 0 Å². The summed E-state index contributed by atoms with van der Waals surface area (Å²) in [7, 11) is 0. The normalized spacial score (nSPS) is 12.3. The van der Waals surface area contributed by atoms with Crippen LogP contribution in [0.5, 0.6) is 0 Å². The number of nitrogens with zero attached hydrogens (tertiary/aromatic N) is 1. The highest BCUT2D eigenvalue weighted by Gasteiger charge is 2.22. The van der Waals surface area contributed by atoms with E-state index in [1.54, 1.807) is 6.20 Å². The second kappa shape index (κ2) is 5.89. The third-order valence-corrected chi connectivity index (χ3v) is 4.57. The highest BCUT2D eigenvalue weighted by Crippen LogP contribution is 2.35. The molecule has 0 bridgehead atoms. The standard InChI is InChI=1S/C18H14BrNO2/c1-11(13-7-4-5-9-15(13)19)16-14-8-3-2-6-12(14)10-20-17(16)18(21)22/h2-11H,1H3,(H,21,22). The lowest BCUT2D eigenvalue weighted by Gasteiger charge is -2.18. The molecule has 3 aromatic rings. The topological polar surface area (TPSA) is 50.2 Å². The summed E-state index contributed by atoms with van der Waals surface area (Å²) in [4.78, 5) is 15.8. The fourth-order valence-electron chi connectivity index (χ4n) is 2.78. The molecule has 0 aliphatic rings. The van der Waals surface area contributed by atoms with Crippen LogP contribution < -0.4 is 0 Å². The van der Waals surface area contributed by atoms with Crippen molar-refractivity contribution >= 4 is 32.7 Å². The Balaban J connectivity index is 2.30. The van der Waals surface area contributed by atoms with Crippen molar-refractivity contribution in [3.05, 3.63) is 76.0 Å². The summed E-state index contributed by atoms with van der Waals surface area (Å²) in [5.74, 6) is -1.08. The molecule has 22 heavy (non-hydrogen) atoms. The molecule has 110 valence electrons. The van der Waals surface area contributed by atoms with Crippen molar-refractivity contribution in [3.8, 4) is 0 Å². The van der Waals surface area contributed by atoms with Crippen LogP contribution in [-0.2, 0) is 0 Å². The number of aromatic carboxylic acids is 1. The number of carbonyl (C=O) groups is 1. The molecule has 1 aromatic heterocycles. The molecule has 1 N–H and O–H groups in total. The van der Waals surface area contributed by atoms with Crippen LogP contribution >= 0.6 is 15.9 Å². The smallest absolute Gasteiger partial charge is 0.354 e. The summed E-state index contributed by atoms with van der Waals surface area (Å²) < 4.78 is 0.965. The highest BCUT2D eigenvalue weighted by atomic mass is 79.9. The zero-order chi connectivity index (χ0) is 15.7. The molecule has 1 heterocycles. The Morgan fingerprint density at radius 1 is 1.14 bits per heavy atom. The van der Waals surface area contributed by atoms with Crippen LogP contribution in [0.15, 0.2) is 59.2 Å². The molecule has 1 unspecified atom stereocenters. The Bertz CT molecular complexity index is 861. The Morgan fingerprint density at radius 2 is 1.82 bits per heavy atom. The number of pyridine rings is 1. The quantitative estimate of drug-likeness (QED) is 0.730. The van der Waals surface area contributed by atoms with E-state index in [-0.39, 0.29) is 11.6 Å². The number of rotatable bonds is 3. The summed E-state index contributed by atoms with van der Waals surface area (Å²) in [5.41, 5.74) is 1.91. The third-order valence-electron chi connectivity index (χ3n) is 3.85. The van der Waals surface area contributed by atoms with Gasteiger partial charge in [0.2, 0.25) is 0 Å². The monoisotopic (exact) mass is 355 g/mol.